The van der Waals surface area contributed by atoms with Gasteiger partial charge in [-0.1, -0.05) is 24.3 Å². The Kier molecular flexibility index (Phi) is 6.83. The Morgan fingerprint density at radius 3 is 1.97 bits per heavy atom. The maximum Gasteiger partial charge on any atom is 0.417 e. The average molecular weight is 510 g/mol. The van der Waals surface area contributed by atoms with Gasteiger partial charge in [-0.15, -0.1) is 0 Å². The quantitative estimate of drug-likeness (QED) is 0.322. The molecule has 180 valence electrons. The van der Waals surface area contributed by atoms with Crippen LogP contribution in [0.2, 0.25) is 5.28 Å². The Labute approximate surface area is 191 Å². The number of hydrogen-bond acceptors (Lipinski definition) is 3. The van der Waals surface area contributed by atoms with Crippen LogP contribution in [0.15, 0.2) is 54.9 Å². The van der Waals surface area contributed by atoms with Crippen LogP contribution in [0.5, 0.6) is 0 Å². The number of carbonyl (C=O) groups is 1. The van der Waals surface area contributed by atoms with E-state index < -0.39 is 53.0 Å². The Hall–Kier alpha value is -3.28. The molecule has 13 heteroatoms. The molecule has 2 aromatic carbocycles. The summed E-state index contributed by atoms with van der Waals surface area (Å²) in [6.07, 6.45) is -7.96. The highest BCUT2D eigenvalue weighted by atomic mass is 35.5. The van der Waals surface area contributed by atoms with E-state index in [-0.39, 0.29) is 16.4 Å². The molecular formula is C21H12ClF8N3O. The first-order chi connectivity index (χ1) is 15.7. The maximum atomic E-state index is 14.8. The zero-order valence-corrected chi connectivity index (χ0v) is 17.4. The monoisotopic (exact) mass is 509 g/mol. The summed E-state index contributed by atoms with van der Waals surface area (Å²) in [4.78, 5) is 19.4. The molecule has 0 atom stereocenters. The first-order valence-corrected chi connectivity index (χ1v) is 9.60. The van der Waals surface area contributed by atoms with Crippen molar-refractivity contribution in [3.8, 4) is 11.1 Å². The fraction of sp³-hybridized carbons (Fsp3) is 0.190. The molecule has 0 bridgehead atoms. The topological polar surface area (TPSA) is 54.9 Å². The Bertz CT molecular complexity index is 1190. The predicted octanol–water partition coefficient (Wildman–Crippen LogP) is 6.36. The number of nitrogens with one attached hydrogen (secondary N) is 1. The molecule has 3 aromatic rings. The van der Waals surface area contributed by atoms with Crippen LogP contribution in [-0.2, 0) is 18.3 Å². The lowest BCUT2D eigenvalue weighted by Gasteiger charge is -2.23. The minimum Gasteiger partial charge on any atom is -0.346 e. The van der Waals surface area contributed by atoms with E-state index in [0.717, 1.165) is 36.7 Å². The minimum atomic E-state index is -5.21. The molecule has 4 nitrogen and oxygen atoms in total. The van der Waals surface area contributed by atoms with Gasteiger partial charge in [0, 0.05) is 23.5 Å². The van der Waals surface area contributed by atoms with Gasteiger partial charge in [-0.25, -0.2) is 9.97 Å². The van der Waals surface area contributed by atoms with Gasteiger partial charge in [0.2, 0.25) is 5.28 Å². The normalized spacial score (nSPS) is 12.5. The molecule has 0 aliphatic carbocycles. The standard InChI is InChI=1S/C21H12ClF8N3O/c22-18-31-8-12(9-32-18)11-5-6-15(16(7-11)21(28,29)30)19(23,24)10-33-17(34)13-3-1-2-4-14(13)20(25,26)27/h1-9H,10H2,(H,33,34). The van der Waals surface area contributed by atoms with Crippen molar-refractivity contribution in [3.63, 3.8) is 0 Å². The van der Waals surface area contributed by atoms with Crippen LogP contribution in [0.4, 0.5) is 35.1 Å². The van der Waals surface area contributed by atoms with E-state index in [1.54, 1.807) is 5.32 Å². The molecule has 0 spiro atoms. The smallest absolute Gasteiger partial charge is 0.346 e. The van der Waals surface area contributed by atoms with Crippen molar-refractivity contribution in [1.82, 2.24) is 15.3 Å². The molecule has 3 rings (SSSR count). The number of alkyl halides is 8. The first-order valence-electron chi connectivity index (χ1n) is 9.22. The molecule has 0 fully saturated rings. The van der Waals surface area contributed by atoms with Gasteiger partial charge in [0.1, 0.15) is 0 Å². The lowest BCUT2D eigenvalue weighted by molar-refractivity contribution is -0.142. The number of hydrogen-bond donors (Lipinski definition) is 1. The van der Waals surface area contributed by atoms with E-state index in [2.05, 4.69) is 9.97 Å². The zero-order valence-electron chi connectivity index (χ0n) is 16.6. The van der Waals surface area contributed by atoms with Crippen LogP contribution in [0.25, 0.3) is 11.1 Å². The minimum absolute atomic E-state index is 0.0711. The number of amides is 1. The fourth-order valence-electron chi connectivity index (χ4n) is 3.05. The zero-order chi connectivity index (χ0) is 25.3. The average Bonchev–Trinajstić information content (AvgIpc) is 2.76. The number of aromatic nitrogens is 2. The fourth-order valence-corrected chi connectivity index (χ4v) is 3.15. The SMILES string of the molecule is O=C(NCC(F)(F)c1ccc(-c2cnc(Cl)nc2)cc1C(F)(F)F)c1ccccc1C(F)(F)F. The van der Waals surface area contributed by atoms with Crippen LogP contribution in [0.1, 0.15) is 27.0 Å². The second-order valence-electron chi connectivity index (χ2n) is 6.93. The highest BCUT2D eigenvalue weighted by Gasteiger charge is 2.43. The molecule has 0 aliphatic rings. The van der Waals surface area contributed by atoms with Crippen molar-refractivity contribution < 1.29 is 39.9 Å². The van der Waals surface area contributed by atoms with Crippen molar-refractivity contribution in [2.45, 2.75) is 18.3 Å². The Morgan fingerprint density at radius 1 is 0.794 bits per heavy atom. The molecule has 34 heavy (non-hydrogen) atoms. The second kappa shape index (κ2) is 9.16. The van der Waals surface area contributed by atoms with E-state index in [1.807, 2.05) is 0 Å². The second-order valence-corrected chi connectivity index (χ2v) is 7.27. The predicted molar refractivity (Wildman–Crippen MR) is 105 cm³/mol. The van der Waals surface area contributed by atoms with Crippen molar-refractivity contribution in [3.05, 3.63) is 82.4 Å². The Morgan fingerprint density at radius 2 is 1.38 bits per heavy atom. The van der Waals surface area contributed by atoms with E-state index in [9.17, 15) is 39.9 Å². The summed E-state index contributed by atoms with van der Waals surface area (Å²) in [6, 6.07) is 5.36. The molecule has 0 radical (unpaired) electrons. The first kappa shape index (κ1) is 25.3. The highest BCUT2D eigenvalue weighted by molar-refractivity contribution is 6.28. The maximum absolute atomic E-state index is 14.8. The van der Waals surface area contributed by atoms with Crippen LogP contribution in [0.3, 0.4) is 0 Å². The molecule has 1 amide bonds. The molecule has 0 aliphatic heterocycles. The van der Waals surface area contributed by atoms with Gasteiger partial charge in [0.05, 0.1) is 23.2 Å². The number of nitrogens with zero attached hydrogens (tertiary/aromatic N) is 2. The van der Waals surface area contributed by atoms with E-state index in [4.69, 9.17) is 11.6 Å². The molecule has 0 unspecified atom stereocenters. The van der Waals surface area contributed by atoms with E-state index in [0.29, 0.717) is 18.2 Å². The van der Waals surface area contributed by atoms with Gasteiger partial charge >= 0.3 is 12.4 Å². The van der Waals surface area contributed by atoms with Crippen molar-refractivity contribution >= 4 is 17.5 Å². The van der Waals surface area contributed by atoms with Crippen molar-refractivity contribution in [2.24, 2.45) is 0 Å². The third kappa shape index (κ3) is 5.61. The Balaban J connectivity index is 1.91. The van der Waals surface area contributed by atoms with Crippen LogP contribution < -0.4 is 5.32 Å². The van der Waals surface area contributed by atoms with Gasteiger partial charge in [-0.2, -0.15) is 35.1 Å². The lowest BCUT2D eigenvalue weighted by Crippen LogP contribution is -2.37. The van der Waals surface area contributed by atoms with Gasteiger partial charge in [-0.3, -0.25) is 4.79 Å². The number of halogens is 9. The molecular weight excluding hydrogens is 498 g/mol. The van der Waals surface area contributed by atoms with E-state index >= 15 is 0 Å². The van der Waals surface area contributed by atoms with Gasteiger partial charge < -0.3 is 5.32 Å². The summed E-state index contributed by atoms with van der Waals surface area (Å²) in [6.45, 7) is -1.68. The van der Waals surface area contributed by atoms with Gasteiger partial charge in [0.25, 0.3) is 11.8 Å². The number of carbonyl (C=O) groups excluding carboxylic acids is 1. The lowest BCUT2D eigenvalue weighted by atomic mass is 9.96. The van der Waals surface area contributed by atoms with Gasteiger partial charge in [-0.05, 0) is 35.4 Å². The van der Waals surface area contributed by atoms with Crippen molar-refractivity contribution in [2.75, 3.05) is 6.54 Å². The molecule has 0 saturated carbocycles. The van der Waals surface area contributed by atoms with Crippen LogP contribution >= 0.6 is 11.6 Å². The summed E-state index contributed by atoms with van der Waals surface area (Å²) in [5, 5.41) is 1.42. The summed E-state index contributed by atoms with van der Waals surface area (Å²) in [5.41, 5.74) is -5.55. The largest absolute Gasteiger partial charge is 0.417 e. The third-order valence-corrected chi connectivity index (χ3v) is 4.82. The van der Waals surface area contributed by atoms with Gasteiger partial charge in [0.15, 0.2) is 0 Å². The molecule has 0 saturated heterocycles. The molecule has 1 aromatic heterocycles. The molecule has 1 heterocycles. The summed E-state index contributed by atoms with van der Waals surface area (Å²) >= 11 is 5.53. The van der Waals surface area contributed by atoms with Crippen molar-refractivity contribution in [1.29, 1.82) is 0 Å². The number of benzene rings is 2. The third-order valence-electron chi connectivity index (χ3n) is 4.62. The van der Waals surface area contributed by atoms with Crippen LogP contribution in [0, 0.1) is 0 Å². The summed E-state index contributed by atoms with van der Waals surface area (Å²) in [7, 11) is 0. The summed E-state index contributed by atoms with van der Waals surface area (Å²) in [5.74, 6) is -5.79. The van der Waals surface area contributed by atoms with E-state index in [1.165, 1.54) is 0 Å². The van der Waals surface area contributed by atoms with Crippen LogP contribution in [-0.4, -0.2) is 22.4 Å². The summed E-state index contributed by atoms with van der Waals surface area (Å²) < 4.78 is 109. The molecule has 1 N–H and O–H groups in total. The number of rotatable bonds is 5. The highest BCUT2D eigenvalue weighted by Crippen LogP contribution is 2.41.